The first-order chi connectivity index (χ1) is 11.8. The number of carbonyl (C=O) groups excluding carboxylic acids is 2. The zero-order valence-corrected chi connectivity index (χ0v) is 15.1. The zero-order chi connectivity index (χ0) is 19.8. The van der Waals surface area contributed by atoms with Crippen molar-refractivity contribution in [2.24, 2.45) is 16.7 Å². The van der Waals surface area contributed by atoms with Crippen LogP contribution in [-0.2, 0) is 15.8 Å². The van der Waals surface area contributed by atoms with E-state index >= 15 is 0 Å². The Morgan fingerprint density at radius 3 is 2.46 bits per heavy atom. The number of halogens is 3. The third-order valence-corrected chi connectivity index (χ3v) is 4.86. The van der Waals surface area contributed by atoms with Crippen LogP contribution in [-0.4, -0.2) is 11.9 Å². The highest BCUT2D eigenvalue weighted by atomic mass is 19.4. The van der Waals surface area contributed by atoms with Gasteiger partial charge in [-0.3, -0.25) is 4.79 Å². The molecule has 0 radical (unpaired) electrons. The second-order valence-electron chi connectivity index (χ2n) is 8.23. The number of hydrogen-bond donors (Lipinski definition) is 1. The molecular formula is C19H23F3NO3-. The normalized spacial score (nSPS) is 25.5. The fourth-order valence-corrected chi connectivity index (χ4v) is 4.39. The topological polar surface area (TPSA) is 69.2 Å². The molecule has 144 valence electrons. The lowest BCUT2D eigenvalue weighted by atomic mass is 9.59. The van der Waals surface area contributed by atoms with Crippen LogP contribution in [0.2, 0.25) is 0 Å². The van der Waals surface area contributed by atoms with Crippen LogP contribution >= 0.6 is 0 Å². The van der Waals surface area contributed by atoms with Gasteiger partial charge in [-0.1, -0.05) is 26.8 Å². The quantitative estimate of drug-likeness (QED) is 0.880. The summed E-state index contributed by atoms with van der Waals surface area (Å²) in [6.07, 6.45) is -3.39. The molecule has 0 unspecified atom stereocenters. The molecule has 1 aliphatic carbocycles. The Balaban J connectivity index is 2.18. The predicted octanol–water partition coefficient (Wildman–Crippen LogP) is 3.62. The van der Waals surface area contributed by atoms with E-state index in [0.717, 1.165) is 18.6 Å². The van der Waals surface area contributed by atoms with E-state index in [1.165, 1.54) is 12.1 Å². The van der Waals surface area contributed by atoms with Crippen molar-refractivity contribution in [3.63, 3.8) is 0 Å². The van der Waals surface area contributed by atoms with Crippen LogP contribution in [0.4, 0.5) is 18.9 Å². The summed E-state index contributed by atoms with van der Waals surface area (Å²) in [7, 11) is 0. The van der Waals surface area contributed by atoms with E-state index in [9.17, 15) is 27.9 Å². The summed E-state index contributed by atoms with van der Waals surface area (Å²) in [4.78, 5) is 24.2. The van der Waals surface area contributed by atoms with E-state index < -0.39 is 29.0 Å². The van der Waals surface area contributed by atoms with Crippen molar-refractivity contribution in [2.75, 3.05) is 5.32 Å². The molecule has 0 spiro atoms. The van der Waals surface area contributed by atoms with Crippen LogP contribution < -0.4 is 10.4 Å². The average molecular weight is 370 g/mol. The number of alkyl halides is 3. The van der Waals surface area contributed by atoms with Gasteiger partial charge in [0.25, 0.3) is 0 Å². The highest BCUT2D eigenvalue weighted by Gasteiger charge is 2.45. The Morgan fingerprint density at radius 1 is 1.27 bits per heavy atom. The van der Waals surface area contributed by atoms with Gasteiger partial charge >= 0.3 is 6.18 Å². The largest absolute Gasteiger partial charge is 0.550 e. The second kappa shape index (κ2) is 6.93. The van der Waals surface area contributed by atoms with Crippen molar-refractivity contribution in [1.82, 2.24) is 0 Å². The Kier molecular flexibility index (Phi) is 5.40. The number of aliphatic carboxylic acids is 1. The van der Waals surface area contributed by atoms with Crippen LogP contribution in [0.3, 0.4) is 0 Å². The Hall–Kier alpha value is -2.05. The van der Waals surface area contributed by atoms with Gasteiger partial charge in [-0.05, 0) is 48.8 Å². The maximum Gasteiger partial charge on any atom is 0.416 e. The summed E-state index contributed by atoms with van der Waals surface area (Å²) in [5.41, 5.74) is -2.46. The lowest BCUT2D eigenvalue weighted by molar-refractivity contribution is -0.323. The van der Waals surface area contributed by atoms with Crippen molar-refractivity contribution in [3.8, 4) is 0 Å². The number of anilines is 1. The molecule has 7 heteroatoms. The molecule has 4 nitrogen and oxygen atoms in total. The highest BCUT2D eigenvalue weighted by Crippen LogP contribution is 2.50. The van der Waals surface area contributed by atoms with Crippen molar-refractivity contribution in [3.05, 3.63) is 29.8 Å². The predicted molar refractivity (Wildman–Crippen MR) is 88.9 cm³/mol. The Labute approximate surface area is 150 Å². The third-order valence-electron chi connectivity index (χ3n) is 4.86. The average Bonchev–Trinajstić information content (AvgIpc) is 2.43. The molecule has 0 heterocycles. The smallest absolute Gasteiger partial charge is 0.416 e. The summed E-state index contributed by atoms with van der Waals surface area (Å²) < 4.78 is 38.3. The molecule has 1 aromatic rings. The molecule has 1 fully saturated rings. The number of amides is 1. The molecule has 1 N–H and O–H groups in total. The molecule has 0 bridgehead atoms. The molecule has 1 aliphatic rings. The molecule has 1 aromatic carbocycles. The van der Waals surface area contributed by atoms with Gasteiger partial charge in [-0.15, -0.1) is 0 Å². The first kappa shape index (κ1) is 20.3. The van der Waals surface area contributed by atoms with Crippen LogP contribution in [0, 0.1) is 16.7 Å². The van der Waals surface area contributed by atoms with Crippen LogP contribution in [0.5, 0.6) is 0 Å². The molecule has 26 heavy (non-hydrogen) atoms. The zero-order valence-electron chi connectivity index (χ0n) is 15.1. The standard InChI is InChI=1S/C19H24F3NO3/c1-12-8-17(2,3)11-18(9-12,16(25)26)10-15(24)23-14-6-4-5-13(7-14)19(20,21)22/h4-7,12H,8-11H2,1-3H3,(H,23,24)(H,25,26)/p-1/t12-,18-/m1/s1. The minimum atomic E-state index is -4.52. The summed E-state index contributed by atoms with van der Waals surface area (Å²) in [5, 5.41) is 14.2. The second-order valence-corrected chi connectivity index (χ2v) is 8.23. The number of benzene rings is 1. The first-order valence-corrected chi connectivity index (χ1v) is 8.52. The molecule has 1 saturated carbocycles. The van der Waals surface area contributed by atoms with E-state index in [1.807, 2.05) is 20.8 Å². The van der Waals surface area contributed by atoms with Gasteiger partial charge in [0.2, 0.25) is 5.91 Å². The van der Waals surface area contributed by atoms with Crippen molar-refractivity contribution >= 4 is 17.6 Å². The maximum atomic E-state index is 12.8. The van der Waals surface area contributed by atoms with Gasteiger partial charge in [-0.2, -0.15) is 13.2 Å². The van der Waals surface area contributed by atoms with Crippen LogP contribution in [0.15, 0.2) is 24.3 Å². The van der Waals surface area contributed by atoms with Crippen molar-refractivity contribution < 1.29 is 27.9 Å². The van der Waals surface area contributed by atoms with E-state index in [1.54, 1.807) is 0 Å². The SMILES string of the molecule is C[C@@H]1CC(C)(C)C[C@@](CC(=O)Nc2cccc(C(F)(F)F)c2)(C(=O)[O-])C1. The van der Waals surface area contributed by atoms with Gasteiger partial charge in [0.05, 0.1) is 5.56 Å². The van der Waals surface area contributed by atoms with Crippen LogP contribution in [0.25, 0.3) is 0 Å². The summed E-state index contributed by atoms with van der Waals surface area (Å²) in [6.45, 7) is 5.83. The maximum absolute atomic E-state index is 12.8. The molecule has 1 amide bonds. The molecule has 2 atom stereocenters. The molecule has 0 saturated heterocycles. The fourth-order valence-electron chi connectivity index (χ4n) is 4.39. The first-order valence-electron chi connectivity index (χ1n) is 8.52. The van der Waals surface area contributed by atoms with E-state index in [-0.39, 0.29) is 23.4 Å². The van der Waals surface area contributed by atoms with Gasteiger partial charge in [0, 0.05) is 23.5 Å². The van der Waals surface area contributed by atoms with E-state index in [0.29, 0.717) is 12.8 Å². The van der Waals surface area contributed by atoms with Crippen molar-refractivity contribution in [2.45, 2.75) is 52.6 Å². The number of carboxylic acid groups (broad SMARTS) is 1. The fraction of sp³-hybridized carbons (Fsp3) is 0.579. The Morgan fingerprint density at radius 2 is 1.92 bits per heavy atom. The number of hydrogen-bond acceptors (Lipinski definition) is 3. The minimum Gasteiger partial charge on any atom is -0.550 e. The van der Waals surface area contributed by atoms with Crippen LogP contribution in [0.1, 0.15) is 52.0 Å². The summed E-state index contributed by atoms with van der Waals surface area (Å²) in [5.74, 6) is -1.80. The van der Waals surface area contributed by atoms with E-state index in [4.69, 9.17) is 0 Å². The number of rotatable bonds is 4. The number of carbonyl (C=O) groups is 2. The number of nitrogens with one attached hydrogen (secondary N) is 1. The highest BCUT2D eigenvalue weighted by molar-refractivity contribution is 5.94. The van der Waals surface area contributed by atoms with Gasteiger partial charge in [-0.25, -0.2) is 0 Å². The van der Waals surface area contributed by atoms with E-state index in [2.05, 4.69) is 5.32 Å². The molecular weight excluding hydrogens is 347 g/mol. The summed E-state index contributed by atoms with van der Waals surface area (Å²) in [6, 6.07) is 4.27. The van der Waals surface area contributed by atoms with Crippen molar-refractivity contribution in [1.29, 1.82) is 0 Å². The number of carboxylic acids is 1. The lowest BCUT2D eigenvalue weighted by Gasteiger charge is -2.48. The van der Waals surface area contributed by atoms with Gasteiger partial charge in [0.1, 0.15) is 0 Å². The Bertz CT molecular complexity index is 700. The molecule has 2 rings (SSSR count). The molecule has 0 aliphatic heterocycles. The minimum absolute atomic E-state index is 0.0126. The summed E-state index contributed by atoms with van der Waals surface area (Å²) >= 11 is 0. The lowest BCUT2D eigenvalue weighted by Crippen LogP contribution is -2.50. The monoisotopic (exact) mass is 370 g/mol. The van der Waals surface area contributed by atoms with Gasteiger partial charge in [0.15, 0.2) is 0 Å². The molecule has 0 aromatic heterocycles. The third kappa shape index (κ3) is 4.77. The van der Waals surface area contributed by atoms with Gasteiger partial charge < -0.3 is 15.2 Å².